The minimum Gasteiger partial charge on any atom is -0.375 e. The summed E-state index contributed by atoms with van der Waals surface area (Å²) in [5.41, 5.74) is 1.73. The molecule has 0 spiro atoms. The zero-order valence-electron chi connectivity index (χ0n) is 11.6. The number of aryl methyl sites for hydroxylation is 1. The second-order valence-corrected chi connectivity index (χ2v) is 5.67. The molecular weight excluding hydrogens is 286 g/mol. The van der Waals surface area contributed by atoms with Gasteiger partial charge in [-0.3, -0.25) is 4.79 Å². The quantitative estimate of drug-likeness (QED) is 0.867. The Balaban J connectivity index is 1.55. The predicted molar refractivity (Wildman–Crippen MR) is 80.3 cm³/mol. The van der Waals surface area contributed by atoms with Crippen LogP contribution in [0.3, 0.4) is 0 Å². The highest BCUT2D eigenvalue weighted by Gasteiger charge is 2.26. The molecule has 0 bridgehead atoms. The molecule has 1 aromatic carbocycles. The van der Waals surface area contributed by atoms with Gasteiger partial charge in [-0.25, -0.2) is 0 Å². The van der Waals surface area contributed by atoms with E-state index in [0.717, 1.165) is 12.8 Å². The third kappa shape index (κ3) is 3.65. The number of benzene rings is 1. The van der Waals surface area contributed by atoms with Crippen LogP contribution in [-0.2, 0) is 11.2 Å². The van der Waals surface area contributed by atoms with Crippen molar-refractivity contribution in [3.05, 3.63) is 47.0 Å². The van der Waals surface area contributed by atoms with Crippen molar-refractivity contribution in [1.82, 2.24) is 14.5 Å². The van der Waals surface area contributed by atoms with E-state index in [1.54, 1.807) is 5.38 Å². The monoisotopic (exact) mass is 303 g/mol. The van der Waals surface area contributed by atoms with Crippen LogP contribution < -0.4 is 0 Å². The summed E-state index contributed by atoms with van der Waals surface area (Å²) in [6.07, 6.45) is 1.98. The molecule has 21 heavy (non-hydrogen) atoms. The minimum absolute atomic E-state index is 0.0447. The zero-order valence-corrected chi connectivity index (χ0v) is 12.5. The summed E-state index contributed by atoms with van der Waals surface area (Å²) in [6.45, 7) is 1.84. The smallest absolute Gasteiger partial charge is 0.275 e. The maximum Gasteiger partial charge on any atom is 0.275 e. The lowest BCUT2D eigenvalue weighted by Gasteiger charge is -2.32. The van der Waals surface area contributed by atoms with Gasteiger partial charge in [0.1, 0.15) is 0 Å². The zero-order chi connectivity index (χ0) is 14.5. The summed E-state index contributed by atoms with van der Waals surface area (Å²) in [5.74, 6) is -0.0447. The normalized spacial score (nSPS) is 18.7. The maximum atomic E-state index is 12.3. The fourth-order valence-corrected chi connectivity index (χ4v) is 2.90. The van der Waals surface area contributed by atoms with E-state index < -0.39 is 0 Å². The molecule has 5 nitrogen and oxygen atoms in total. The van der Waals surface area contributed by atoms with E-state index >= 15 is 0 Å². The molecule has 1 aromatic heterocycles. The Bertz CT molecular complexity index is 574. The van der Waals surface area contributed by atoms with Gasteiger partial charge in [0, 0.05) is 18.5 Å². The molecule has 0 N–H and O–H groups in total. The highest BCUT2D eigenvalue weighted by molar-refractivity contribution is 7.03. The standard InChI is InChI=1S/C15H17N3O2S/c19-15(14-11-21-17-16-14)18-8-9-20-13(10-18)7-6-12-4-2-1-3-5-12/h1-5,11,13H,6-10H2/t13-/m0/s1. The minimum atomic E-state index is -0.0447. The fourth-order valence-electron chi connectivity index (χ4n) is 2.47. The van der Waals surface area contributed by atoms with Gasteiger partial charge in [0.2, 0.25) is 0 Å². The number of amides is 1. The van der Waals surface area contributed by atoms with Gasteiger partial charge in [-0.2, -0.15) is 0 Å². The summed E-state index contributed by atoms with van der Waals surface area (Å²) >= 11 is 1.20. The Kier molecular flexibility index (Phi) is 4.57. The van der Waals surface area contributed by atoms with Crippen LogP contribution in [0.1, 0.15) is 22.5 Å². The van der Waals surface area contributed by atoms with Crippen LogP contribution in [0.2, 0.25) is 0 Å². The molecule has 1 saturated heterocycles. The molecule has 0 saturated carbocycles. The van der Waals surface area contributed by atoms with Gasteiger partial charge in [-0.05, 0) is 29.9 Å². The first-order valence-corrected chi connectivity index (χ1v) is 7.88. The van der Waals surface area contributed by atoms with Crippen molar-refractivity contribution < 1.29 is 9.53 Å². The van der Waals surface area contributed by atoms with Crippen LogP contribution in [-0.4, -0.2) is 46.2 Å². The summed E-state index contributed by atoms with van der Waals surface area (Å²) < 4.78 is 9.52. The van der Waals surface area contributed by atoms with Crippen molar-refractivity contribution in [2.75, 3.05) is 19.7 Å². The maximum absolute atomic E-state index is 12.3. The first kappa shape index (κ1) is 14.2. The molecule has 1 amide bonds. The molecule has 2 aromatic rings. The number of hydrogen-bond donors (Lipinski definition) is 0. The second-order valence-electron chi connectivity index (χ2n) is 5.06. The molecule has 1 aliphatic rings. The molecule has 2 heterocycles. The molecule has 1 aliphatic heterocycles. The summed E-state index contributed by atoms with van der Waals surface area (Å²) in [4.78, 5) is 14.1. The number of rotatable bonds is 4. The number of carbonyl (C=O) groups is 1. The Morgan fingerprint density at radius 3 is 3.00 bits per heavy atom. The van der Waals surface area contributed by atoms with Gasteiger partial charge >= 0.3 is 0 Å². The number of aromatic nitrogens is 2. The highest BCUT2D eigenvalue weighted by Crippen LogP contribution is 2.14. The average Bonchev–Trinajstić information content (AvgIpc) is 3.08. The van der Waals surface area contributed by atoms with Crippen LogP contribution in [0.25, 0.3) is 0 Å². The number of carbonyl (C=O) groups excluding carboxylic acids is 1. The summed E-state index contributed by atoms with van der Waals surface area (Å²) in [5, 5.41) is 5.54. The van der Waals surface area contributed by atoms with Crippen molar-refractivity contribution in [3.63, 3.8) is 0 Å². The number of nitrogens with zero attached hydrogens (tertiary/aromatic N) is 3. The molecule has 3 rings (SSSR count). The molecule has 0 radical (unpaired) electrons. The number of morpholine rings is 1. The van der Waals surface area contributed by atoms with Gasteiger partial charge in [0.05, 0.1) is 12.7 Å². The molecule has 110 valence electrons. The van der Waals surface area contributed by atoms with Gasteiger partial charge in [-0.1, -0.05) is 34.8 Å². The second kappa shape index (κ2) is 6.78. The Morgan fingerprint density at radius 2 is 2.24 bits per heavy atom. The highest BCUT2D eigenvalue weighted by atomic mass is 32.1. The Morgan fingerprint density at radius 1 is 1.38 bits per heavy atom. The lowest BCUT2D eigenvalue weighted by atomic mass is 10.1. The summed E-state index contributed by atoms with van der Waals surface area (Å²) in [6, 6.07) is 10.3. The molecule has 0 aliphatic carbocycles. The summed E-state index contributed by atoms with van der Waals surface area (Å²) in [7, 11) is 0. The van der Waals surface area contributed by atoms with Crippen molar-refractivity contribution >= 4 is 17.4 Å². The van der Waals surface area contributed by atoms with Gasteiger partial charge in [0.15, 0.2) is 5.69 Å². The van der Waals surface area contributed by atoms with Gasteiger partial charge in [-0.15, -0.1) is 5.10 Å². The lowest BCUT2D eigenvalue weighted by Crippen LogP contribution is -2.45. The predicted octanol–water partition coefficient (Wildman–Crippen LogP) is 2.01. The third-order valence-corrected chi connectivity index (χ3v) is 4.11. The van der Waals surface area contributed by atoms with Crippen molar-refractivity contribution in [2.24, 2.45) is 0 Å². The molecule has 1 atom stereocenters. The van der Waals surface area contributed by atoms with E-state index in [1.807, 2.05) is 23.1 Å². The van der Waals surface area contributed by atoms with E-state index in [9.17, 15) is 4.79 Å². The van der Waals surface area contributed by atoms with Crippen LogP contribution in [0, 0.1) is 0 Å². The molecule has 1 fully saturated rings. The van der Waals surface area contributed by atoms with Gasteiger partial charge < -0.3 is 9.64 Å². The average molecular weight is 303 g/mol. The van der Waals surface area contributed by atoms with E-state index in [1.165, 1.54) is 17.1 Å². The lowest BCUT2D eigenvalue weighted by molar-refractivity contribution is -0.0247. The van der Waals surface area contributed by atoms with E-state index in [-0.39, 0.29) is 12.0 Å². The number of hydrogen-bond acceptors (Lipinski definition) is 5. The first-order valence-electron chi connectivity index (χ1n) is 7.05. The Hall–Kier alpha value is -1.79. The first-order chi connectivity index (χ1) is 10.3. The topological polar surface area (TPSA) is 55.3 Å². The van der Waals surface area contributed by atoms with Crippen LogP contribution in [0.4, 0.5) is 0 Å². The Labute approximate surface area is 127 Å². The van der Waals surface area contributed by atoms with E-state index in [0.29, 0.717) is 25.4 Å². The molecular formula is C15H17N3O2S. The molecule has 0 unspecified atom stereocenters. The number of ether oxygens (including phenoxy) is 1. The van der Waals surface area contributed by atoms with Crippen LogP contribution in [0.15, 0.2) is 35.7 Å². The molecule has 6 heteroatoms. The third-order valence-electron chi connectivity index (χ3n) is 3.60. The van der Waals surface area contributed by atoms with Crippen molar-refractivity contribution in [1.29, 1.82) is 0 Å². The largest absolute Gasteiger partial charge is 0.375 e. The van der Waals surface area contributed by atoms with Crippen LogP contribution in [0.5, 0.6) is 0 Å². The van der Waals surface area contributed by atoms with E-state index in [4.69, 9.17) is 4.74 Å². The fraction of sp³-hybridized carbons (Fsp3) is 0.400. The van der Waals surface area contributed by atoms with Crippen molar-refractivity contribution in [3.8, 4) is 0 Å². The SMILES string of the molecule is O=C(c1csnn1)N1CCO[C@@H](CCc2ccccc2)C1. The van der Waals surface area contributed by atoms with Crippen LogP contribution >= 0.6 is 11.5 Å². The van der Waals surface area contributed by atoms with Gasteiger partial charge in [0.25, 0.3) is 5.91 Å². The van der Waals surface area contributed by atoms with E-state index in [2.05, 4.69) is 21.7 Å². The van der Waals surface area contributed by atoms with Crippen molar-refractivity contribution in [2.45, 2.75) is 18.9 Å².